The molecule has 0 saturated heterocycles. The van der Waals surface area contributed by atoms with Gasteiger partial charge >= 0.3 is 0 Å². The van der Waals surface area contributed by atoms with Gasteiger partial charge in [-0.05, 0) is 5.56 Å². The van der Waals surface area contributed by atoms with Crippen LogP contribution in [0.2, 0.25) is 0 Å². The number of nitrogens with two attached hydrogens (primary N) is 4. The summed E-state index contributed by atoms with van der Waals surface area (Å²) in [6.45, 7) is 0. The van der Waals surface area contributed by atoms with Gasteiger partial charge in [-0.3, -0.25) is 0 Å². The molecule has 3 unspecified atom stereocenters. The molecule has 1 aliphatic carbocycles. The number of thioether (sulfide) groups is 1. The SMILES string of the molecule is COC1=C(C2=C(N)C(N)C(c3ccc(-c4scc(OC)c4OC)c(N)c3N)C=C2)SCC1OC. The summed E-state index contributed by atoms with van der Waals surface area (Å²) in [5.41, 5.74) is 30.2. The van der Waals surface area contributed by atoms with Crippen LogP contribution in [0.1, 0.15) is 11.5 Å². The molecule has 8 N–H and O–H groups in total. The standard InChI is InChI=1S/C24H30N4O4S2/c1-29-15-9-33-23(21(15)31-3)13-7-5-11(17(25)19(13)27)12-6-8-14(20(28)18(12)26)24-22(32-4)16(30-2)10-34-24/h5-9,12,16,18H,10,25-28H2,1-4H3. The number of thiophene rings is 1. The van der Waals surface area contributed by atoms with Gasteiger partial charge in [0.1, 0.15) is 11.9 Å². The molecule has 0 amide bonds. The lowest BCUT2D eigenvalue weighted by atomic mass is 9.82. The van der Waals surface area contributed by atoms with Crippen LogP contribution in [0.15, 0.2) is 51.6 Å². The molecule has 0 radical (unpaired) electrons. The van der Waals surface area contributed by atoms with Gasteiger partial charge in [-0.15, -0.1) is 23.1 Å². The fourth-order valence-electron chi connectivity index (χ4n) is 4.35. The fraction of sp³-hybridized carbons (Fsp3) is 0.333. The number of rotatable bonds is 7. The van der Waals surface area contributed by atoms with E-state index in [4.69, 9.17) is 41.9 Å². The van der Waals surface area contributed by atoms with E-state index in [-0.39, 0.29) is 12.0 Å². The number of nitrogen functional groups attached to an aromatic ring is 2. The first-order valence-electron chi connectivity index (χ1n) is 10.6. The highest BCUT2D eigenvalue weighted by atomic mass is 32.2. The van der Waals surface area contributed by atoms with Gasteiger partial charge in [-0.2, -0.15) is 0 Å². The van der Waals surface area contributed by atoms with Crippen molar-refractivity contribution in [3.63, 3.8) is 0 Å². The van der Waals surface area contributed by atoms with Gasteiger partial charge in [-0.1, -0.05) is 24.3 Å². The second-order valence-electron chi connectivity index (χ2n) is 7.91. The molecule has 2 aliphatic rings. The van der Waals surface area contributed by atoms with E-state index in [2.05, 4.69) is 0 Å². The highest BCUT2D eigenvalue weighted by Gasteiger charge is 2.34. The molecule has 1 aromatic carbocycles. The van der Waals surface area contributed by atoms with Crippen LogP contribution in [0.5, 0.6) is 11.5 Å². The van der Waals surface area contributed by atoms with Gasteiger partial charge in [-0.25, -0.2) is 0 Å². The van der Waals surface area contributed by atoms with Gasteiger partial charge in [0.05, 0.1) is 48.5 Å². The van der Waals surface area contributed by atoms with Gasteiger partial charge in [0.2, 0.25) is 0 Å². The first-order chi connectivity index (χ1) is 16.4. The zero-order chi connectivity index (χ0) is 24.6. The summed E-state index contributed by atoms with van der Waals surface area (Å²) in [7, 11) is 6.51. The largest absolute Gasteiger partial charge is 0.497 e. The Morgan fingerprint density at radius 2 is 1.74 bits per heavy atom. The van der Waals surface area contributed by atoms with Crippen molar-refractivity contribution in [3.8, 4) is 21.9 Å². The summed E-state index contributed by atoms with van der Waals surface area (Å²) >= 11 is 3.13. The minimum absolute atomic E-state index is 0.108. The third-order valence-electron chi connectivity index (χ3n) is 6.23. The van der Waals surface area contributed by atoms with E-state index in [9.17, 15) is 0 Å². The number of hydrogen-bond donors (Lipinski definition) is 4. The molecule has 0 fully saturated rings. The summed E-state index contributed by atoms with van der Waals surface area (Å²) in [5.74, 6) is 2.59. The van der Waals surface area contributed by atoms with Crippen LogP contribution in [0.3, 0.4) is 0 Å². The Hall–Kier alpha value is -2.79. The van der Waals surface area contributed by atoms with Crippen LogP contribution in [0.4, 0.5) is 11.4 Å². The molecule has 4 rings (SSSR count). The number of anilines is 2. The Bertz CT molecular complexity index is 1190. The Balaban J connectivity index is 1.69. The molecular formula is C24H30N4O4S2. The molecule has 10 heteroatoms. The summed E-state index contributed by atoms with van der Waals surface area (Å²) in [6.07, 6.45) is 3.90. The highest BCUT2D eigenvalue weighted by molar-refractivity contribution is 8.03. The second-order valence-corrected chi connectivity index (χ2v) is 9.82. The van der Waals surface area contributed by atoms with Crippen molar-refractivity contribution < 1.29 is 18.9 Å². The molecule has 0 spiro atoms. The summed E-state index contributed by atoms with van der Waals surface area (Å²) in [5, 5.41) is 1.88. The van der Waals surface area contributed by atoms with Crippen LogP contribution in [0, 0.1) is 0 Å². The van der Waals surface area contributed by atoms with Crippen molar-refractivity contribution in [1.82, 2.24) is 0 Å². The maximum atomic E-state index is 6.63. The van der Waals surface area contributed by atoms with Crippen LogP contribution < -0.4 is 32.4 Å². The van der Waals surface area contributed by atoms with E-state index < -0.39 is 6.04 Å². The second kappa shape index (κ2) is 9.83. The third kappa shape index (κ3) is 3.90. The minimum atomic E-state index is -0.475. The van der Waals surface area contributed by atoms with Gasteiger partial charge < -0.3 is 41.9 Å². The molecule has 1 aliphatic heterocycles. The molecule has 3 atom stereocenters. The van der Waals surface area contributed by atoms with E-state index in [1.165, 1.54) is 11.3 Å². The molecule has 0 bridgehead atoms. The maximum Gasteiger partial charge on any atom is 0.179 e. The molecule has 1 aromatic heterocycles. The quantitative estimate of drug-likeness (QED) is 0.419. The highest BCUT2D eigenvalue weighted by Crippen LogP contribution is 2.49. The molecule has 0 saturated carbocycles. The van der Waals surface area contributed by atoms with Crippen molar-refractivity contribution in [2.45, 2.75) is 18.1 Å². The molecular weight excluding hydrogens is 472 g/mol. The average molecular weight is 503 g/mol. The summed E-state index contributed by atoms with van der Waals surface area (Å²) in [4.78, 5) is 1.81. The zero-order valence-electron chi connectivity index (χ0n) is 19.6. The van der Waals surface area contributed by atoms with Gasteiger partial charge in [0, 0.05) is 41.0 Å². The number of hydrogen-bond acceptors (Lipinski definition) is 10. The van der Waals surface area contributed by atoms with Crippen LogP contribution in [-0.4, -0.2) is 46.3 Å². The predicted molar refractivity (Wildman–Crippen MR) is 140 cm³/mol. The van der Waals surface area contributed by atoms with E-state index in [1.54, 1.807) is 40.2 Å². The maximum absolute atomic E-state index is 6.63. The average Bonchev–Trinajstić information content (AvgIpc) is 3.46. The van der Waals surface area contributed by atoms with E-state index in [0.29, 0.717) is 28.6 Å². The summed E-state index contributed by atoms with van der Waals surface area (Å²) < 4.78 is 22.0. The number of methoxy groups -OCH3 is 4. The molecule has 182 valence electrons. The van der Waals surface area contributed by atoms with Gasteiger partial charge in [0.25, 0.3) is 0 Å². The normalized spacial score (nSPS) is 22.4. The van der Waals surface area contributed by atoms with Crippen molar-refractivity contribution >= 4 is 34.5 Å². The Morgan fingerprint density at radius 3 is 2.38 bits per heavy atom. The van der Waals surface area contributed by atoms with Crippen molar-refractivity contribution in [1.29, 1.82) is 0 Å². The first-order valence-corrected chi connectivity index (χ1v) is 12.5. The van der Waals surface area contributed by atoms with Crippen LogP contribution >= 0.6 is 23.1 Å². The minimum Gasteiger partial charge on any atom is -0.497 e. The fourth-order valence-corrected chi connectivity index (χ4v) is 6.68. The number of allylic oxidation sites excluding steroid dienone is 2. The molecule has 8 nitrogen and oxygen atoms in total. The first kappa shape index (κ1) is 24.3. The Morgan fingerprint density at radius 1 is 0.971 bits per heavy atom. The van der Waals surface area contributed by atoms with E-state index in [1.807, 2.05) is 29.7 Å². The lowest BCUT2D eigenvalue weighted by Gasteiger charge is -2.29. The van der Waals surface area contributed by atoms with Crippen LogP contribution in [-0.2, 0) is 9.47 Å². The lowest BCUT2D eigenvalue weighted by molar-refractivity contribution is 0.0969. The van der Waals surface area contributed by atoms with E-state index in [0.717, 1.165) is 38.0 Å². The Labute approximate surface area is 207 Å². The molecule has 34 heavy (non-hydrogen) atoms. The molecule has 2 aromatic rings. The van der Waals surface area contributed by atoms with Crippen LogP contribution in [0.25, 0.3) is 10.4 Å². The monoisotopic (exact) mass is 502 g/mol. The topological polar surface area (TPSA) is 141 Å². The zero-order valence-corrected chi connectivity index (χ0v) is 21.2. The van der Waals surface area contributed by atoms with Crippen molar-refractivity contribution in [3.05, 3.63) is 57.2 Å². The molecule has 2 heterocycles. The van der Waals surface area contributed by atoms with Crippen molar-refractivity contribution in [2.24, 2.45) is 11.5 Å². The van der Waals surface area contributed by atoms with Crippen molar-refractivity contribution in [2.75, 3.05) is 45.7 Å². The number of benzene rings is 1. The van der Waals surface area contributed by atoms with Gasteiger partial charge in [0.15, 0.2) is 11.5 Å². The van der Waals surface area contributed by atoms with E-state index >= 15 is 0 Å². The third-order valence-corrected chi connectivity index (χ3v) is 8.39. The lowest BCUT2D eigenvalue weighted by Crippen LogP contribution is -2.36. The predicted octanol–water partition coefficient (Wildman–Crippen LogP) is 3.41. The summed E-state index contributed by atoms with van der Waals surface area (Å²) in [6, 6.07) is 3.41. The Kier molecular flexibility index (Phi) is 7.04. The smallest absolute Gasteiger partial charge is 0.179 e. The number of ether oxygens (including phenoxy) is 4.